The Bertz CT molecular complexity index is 181. The monoisotopic (exact) mass is 210 g/mol. The van der Waals surface area contributed by atoms with Gasteiger partial charge in [-0.3, -0.25) is 0 Å². The van der Waals surface area contributed by atoms with Crippen LogP contribution in [0.1, 0.15) is 45.4 Å². The van der Waals surface area contributed by atoms with E-state index in [1.54, 1.807) is 0 Å². The molecule has 0 aromatic rings. The van der Waals surface area contributed by atoms with Crippen LogP contribution in [-0.2, 0) is 0 Å². The largest absolute Gasteiger partial charge is 0.328 e. The fourth-order valence-corrected chi connectivity index (χ4v) is 3.38. The molecule has 2 aliphatic rings. The standard InChI is InChI=1S/C13H26N2/c1-2-4-13(14)7-8-15-9-11-5-3-6-12(11)10-15/h11-13H,2-10,14H2,1H3. The van der Waals surface area contributed by atoms with Crippen LogP contribution in [0.15, 0.2) is 0 Å². The van der Waals surface area contributed by atoms with Crippen LogP contribution in [0.2, 0.25) is 0 Å². The van der Waals surface area contributed by atoms with Crippen LogP contribution in [0.25, 0.3) is 0 Å². The number of rotatable bonds is 5. The Morgan fingerprint density at radius 2 is 1.87 bits per heavy atom. The molecule has 0 bridgehead atoms. The normalized spacial score (nSPS) is 33.2. The second-order valence-corrected chi connectivity index (χ2v) is 5.55. The Balaban J connectivity index is 1.65. The maximum absolute atomic E-state index is 6.05. The average Bonchev–Trinajstić information content (AvgIpc) is 2.74. The summed E-state index contributed by atoms with van der Waals surface area (Å²) in [6.45, 7) is 6.20. The number of nitrogens with zero attached hydrogens (tertiary/aromatic N) is 1. The van der Waals surface area contributed by atoms with Crippen LogP contribution in [0, 0.1) is 11.8 Å². The zero-order valence-corrected chi connectivity index (χ0v) is 10.1. The van der Waals surface area contributed by atoms with Gasteiger partial charge >= 0.3 is 0 Å². The van der Waals surface area contributed by atoms with E-state index in [4.69, 9.17) is 5.73 Å². The van der Waals surface area contributed by atoms with Crippen molar-refractivity contribution in [1.29, 1.82) is 0 Å². The van der Waals surface area contributed by atoms with Gasteiger partial charge in [0.1, 0.15) is 0 Å². The molecule has 0 spiro atoms. The molecular weight excluding hydrogens is 184 g/mol. The summed E-state index contributed by atoms with van der Waals surface area (Å²) in [5.41, 5.74) is 6.05. The maximum Gasteiger partial charge on any atom is 0.00509 e. The third kappa shape index (κ3) is 2.94. The van der Waals surface area contributed by atoms with Gasteiger partial charge in [-0.15, -0.1) is 0 Å². The molecule has 1 aliphatic heterocycles. The van der Waals surface area contributed by atoms with Crippen molar-refractivity contribution in [2.45, 2.75) is 51.5 Å². The molecule has 2 nitrogen and oxygen atoms in total. The van der Waals surface area contributed by atoms with Crippen molar-refractivity contribution in [3.05, 3.63) is 0 Å². The predicted molar refractivity (Wildman–Crippen MR) is 64.8 cm³/mol. The van der Waals surface area contributed by atoms with Gasteiger partial charge < -0.3 is 10.6 Å². The Morgan fingerprint density at radius 3 is 2.47 bits per heavy atom. The minimum absolute atomic E-state index is 0.440. The second kappa shape index (κ2) is 5.31. The first-order chi connectivity index (χ1) is 7.29. The van der Waals surface area contributed by atoms with Crippen LogP contribution >= 0.6 is 0 Å². The molecule has 3 atom stereocenters. The Labute approximate surface area is 94.2 Å². The van der Waals surface area contributed by atoms with Gasteiger partial charge in [-0.25, -0.2) is 0 Å². The van der Waals surface area contributed by atoms with Gasteiger partial charge in [-0.2, -0.15) is 0 Å². The first-order valence-corrected chi connectivity index (χ1v) is 6.77. The summed E-state index contributed by atoms with van der Waals surface area (Å²) in [5, 5.41) is 0. The van der Waals surface area contributed by atoms with E-state index in [0.29, 0.717) is 6.04 Å². The second-order valence-electron chi connectivity index (χ2n) is 5.55. The number of likely N-dealkylation sites (tertiary alicyclic amines) is 1. The van der Waals surface area contributed by atoms with Crippen molar-refractivity contribution in [3.8, 4) is 0 Å². The first-order valence-electron chi connectivity index (χ1n) is 6.77. The summed E-state index contributed by atoms with van der Waals surface area (Å²) in [5.74, 6) is 2.07. The van der Waals surface area contributed by atoms with Crippen molar-refractivity contribution in [3.63, 3.8) is 0 Å². The molecule has 2 heteroatoms. The lowest BCUT2D eigenvalue weighted by Crippen LogP contribution is -2.29. The molecule has 0 amide bonds. The molecule has 1 aliphatic carbocycles. The summed E-state index contributed by atoms with van der Waals surface area (Å²) in [6.07, 6.45) is 8.09. The quantitative estimate of drug-likeness (QED) is 0.754. The van der Waals surface area contributed by atoms with E-state index in [1.165, 1.54) is 58.2 Å². The SMILES string of the molecule is CCCC(N)CCN1CC2CCCC2C1. The molecule has 1 heterocycles. The highest BCUT2D eigenvalue weighted by Crippen LogP contribution is 2.37. The van der Waals surface area contributed by atoms with Crippen LogP contribution < -0.4 is 5.73 Å². The summed E-state index contributed by atoms with van der Waals surface area (Å²) in [4.78, 5) is 2.66. The van der Waals surface area contributed by atoms with Crippen LogP contribution in [0.3, 0.4) is 0 Å². The van der Waals surface area contributed by atoms with Crippen LogP contribution in [0.5, 0.6) is 0 Å². The van der Waals surface area contributed by atoms with Gasteiger partial charge in [0.05, 0.1) is 0 Å². The first kappa shape index (κ1) is 11.4. The minimum atomic E-state index is 0.440. The number of hydrogen-bond donors (Lipinski definition) is 1. The lowest BCUT2D eigenvalue weighted by atomic mass is 10.0. The Kier molecular flexibility index (Phi) is 4.04. The van der Waals surface area contributed by atoms with Crippen molar-refractivity contribution >= 4 is 0 Å². The molecule has 1 saturated heterocycles. The lowest BCUT2D eigenvalue weighted by molar-refractivity contribution is 0.294. The van der Waals surface area contributed by atoms with Gasteiger partial charge in [0.25, 0.3) is 0 Å². The van der Waals surface area contributed by atoms with E-state index in [-0.39, 0.29) is 0 Å². The number of nitrogens with two attached hydrogens (primary N) is 1. The Hall–Kier alpha value is -0.0800. The van der Waals surface area contributed by atoms with Crippen molar-refractivity contribution in [1.82, 2.24) is 4.90 Å². The van der Waals surface area contributed by atoms with Crippen LogP contribution in [0.4, 0.5) is 0 Å². The van der Waals surface area contributed by atoms with Crippen molar-refractivity contribution < 1.29 is 0 Å². The van der Waals surface area contributed by atoms with Gasteiger partial charge in [0.15, 0.2) is 0 Å². The summed E-state index contributed by atoms with van der Waals surface area (Å²) >= 11 is 0. The minimum Gasteiger partial charge on any atom is -0.328 e. The highest BCUT2D eigenvalue weighted by atomic mass is 15.2. The molecule has 2 fully saturated rings. The molecule has 0 aromatic heterocycles. The fraction of sp³-hybridized carbons (Fsp3) is 1.00. The summed E-state index contributed by atoms with van der Waals surface area (Å²) in [7, 11) is 0. The summed E-state index contributed by atoms with van der Waals surface area (Å²) in [6, 6.07) is 0.440. The summed E-state index contributed by atoms with van der Waals surface area (Å²) < 4.78 is 0. The maximum atomic E-state index is 6.05. The smallest absolute Gasteiger partial charge is 0.00509 e. The van der Waals surface area contributed by atoms with E-state index < -0.39 is 0 Å². The zero-order valence-electron chi connectivity index (χ0n) is 10.1. The zero-order chi connectivity index (χ0) is 10.7. The molecule has 0 aromatic carbocycles. The predicted octanol–water partition coefficient (Wildman–Crippen LogP) is 2.24. The Morgan fingerprint density at radius 1 is 1.20 bits per heavy atom. The molecule has 0 radical (unpaired) electrons. The molecular formula is C13H26N2. The van der Waals surface area contributed by atoms with Gasteiger partial charge in [0, 0.05) is 19.1 Å². The van der Waals surface area contributed by atoms with Gasteiger partial charge in [-0.1, -0.05) is 19.8 Å². The highest BCUT2D eigenvalue weighted by Gasteiger charge is 2.35. The molecule has 3 unspecified atom stereocenters. The number of fused-ring (bicyclic) bond motifs is 1. The lowest BCUT2D eigenvalue weighted by Gasteiger charge is -2.19. The molecule has 2 rings (SSSR count). The van der Waals surface area contributed by atoms with Crippen molar-refractivity contribution in [2.75, 3.05) is 19.6 Å². The average molecular weight is 210 g/mol. The van der Waals surface area contributed by atoms with Gasteiger partial charge in [-0.05, 0) is 44.1 Å². The highest BCUT2D eigenvalue weighted by molar-refractivity contribution is 4.88. The van der Waals surface area contributed by atoms with Crippen LogP contribution in [-0.4, -0.2) is 30.6 Å². The molecule has 88 valence electrons. The third-order valence-electron chi connectivity index (χ3n) is 4.28. The van der Waals surface area contributed by atoms with E-state index in [2.05, 4.69) is 11.8 Å². The van der Waals surface area contributed by atoms with E-state index in [0.717, 1.165) is 11.8 Å². The third-order valence-corrected chi connectivity index (χ3v) is 4.28. The molecule has 2 N–H and O–H groups in total. The van der Waals surface area contributed by atoms with E-state index in [9.17, 15) is 0 Å². The molecule has 15 heavy (non-hydrogen) atoms. The van der Waals surface area contributed by atoms with Crippen molar-refractivity contribution in [2.24, 2.45) is 17.6 Å². The van der Waals surface area contributed by atoms with E-state index >= 15 is 0 Å². The molecule has 1 saturated carbocycles. The van der Waals surface area contributed by atoms with Gasteiger partial charge in [0.2, 0.25) is 0 Å². The number of hydrogen-bond acceptors (Lipinski definition) is 2. The topological polar surface area (TPSA) is 29.3 Å². The van der Waals surface area contributed by atoms with E-state index in [1.807, 2.05) is 0 Å². The fourth-order valence-electron chi connectivity index (χ4n) is 3.38.